The quantitative estimate of drug-likeness (QED) is 0.899. The Morgan fingerprint density at radius 3 is 2.29 bits per heavy atom. The molecule has 0 radical (unpaired) electrons. The molecule has 4 nitrogen and oxygen atoms in total. The van der Waals surface area contributed by atoms with E-state index in [9.17, 15) is 9.59 Å². The lowest BCUT2D eigenvalue weighted by molar-refractivity contribution is -0.136. The number of benzene rings is 1. The molecule has 2 amide bonds. The standard InChI is InChI=1S/C20H30N2O2/c1-5-16(6-2)20(24)22-11-9-18(10-12-22)21-19(23)17-8-7-14(3)15(4)13-17/h7-8,13,16,18H,5-6,9-12H2,1-4H3,(H,21,23). The summed E-state index contributed by atoms with van der Waals surface area (Å²) in [5.41, 5.74) is 3.04. The number of hydrogen-bond donors (Lipinski definition) is 1. The molecule has 1 aromatic carbocycles. The fourth-order valence-corrected chi connectivity index (χ4v) is 3.29. The minimum Gasteiger partial charge on any atom is -0.349 e. The summed E-state index contributed by atoms with van der Waals surface area (Å²) in [6, 6.07) is 5.96. The number of piperidine rings is 1. The summed E-state index contributed by atoms with van der Waals surface area (Å²) >= 11 is 0. The Bertz CT molecular complexity index is 585. The molecule has 1 heterocycles. The van der Waals surface area contributed by atoms with E-state index in [0.29, 0.717) is 5.56 Å². The summed E-state index contributed by atoms with van der Waals surface area (Å²) in [7, 11) is 0. The van der Waals surface area contributed by atoms with E-state index in [-0.39, 0.29) is 23.8 Å². The molecule has 1 aromatic rings. The molecule has 1 fully saturated rings. The number of hydrogen-bond acceptors (Lipinski definition) is 2. The van der Waals surface area contributed by atoms with Gasteiger partial charge in [-0.2, -0.15) is 0 Å². The van der Waals surface area contributed by atoms with Crippen LogP contribution in [-0.2, 0) is 4.79 Å². The predicted molar refractivity (Wildman–Crippen MR) is 97.1 cm³/mol. The normalized spacial score (nSPS) is 15.6. The Labute approximate surface area is 145 Å². The van der Waals surface area contributed by atoms with Gasteiger partial charge in [0.2, 0.25) is 5.91 Å². The molecule has 0 saturated carbocycles. The first kappa shape index (κ1) is 18.5. The van der Waals surface area contributed by atoms with Gasteiger partial charge >= 0.3 is 0 Å². The SMILES string of the molecule is CCC(CC)C(=O)N1CCC(NC(=O)c2ccc(C)c(C)c2)CC1. The summed E-state index contributed by atoms with van der Waals surface area (Å²) in [6.45, 7) is 9.70. The van der Waals surface area contributed by atoms with E-state index in [1.54, 1.807) is 0 Å². The zero-order valence-corrected chi connectivity index (χ0v) is 15.4. The monoisotopic (exact) mass is 330 g/mol. The average molecular weight is 330 g/mol. The summed E-state index contributed by atoms with van der Waals surface area (Å²) in [6.07, 6.45) is 3.47. The van der Waals surface area contributed by atoms with Crippen molar-refractivity contribution in [3.8, 4) is 0 Å². The average Bonchev–Trinajstić information content (AvgIpc) is 2.59. The third-order valence-corrected chi connectivity index (χ3v) is 5.25. The molecule has 1 aliphatic rings. The Balaban J connectivity index is 1.87. The zero-order valence-electron chi connectivity index (χ0n) is 15.4. The van der Waals surface area contributed by atoms with Crippen LogP contribution in [0.15, 0.2) is 18.2 Å². The molecule has 1 aliphatic heterocycles. The van der Waals surface area contributed by atoms with E-state index in [2.05, 4.69) is 19.2 Å². The third kappa shape index (κ3) is 4.37. The lowest BCUT2D eigenvalue weighted by Crippen LogP contribution is -2.48. The number of nitrogens with one attached hydrogen (secondary N) is 1. The second kappa shape index (κ2) is 8.32. The lowest BCUT2D eigenvalue weighted by Gasteiger charge is -2.34. The maximum atomic E-state index is 12.4. The minimum atomic E-state index is -0.0112. The van der Waals surface area contributed by atoms with E-state index in [4.69, 9.17) is 0 Å². The lowest BCUT2D eigenvalue weighted by atomic mass is 9.98. The molecule has 0 aromatic heterocycles. The highest BCUT2D eigenvalue weighted by Crippen LogP contribution is 2.18. The van der Waals surface area contributed by atoms with Crippen LogP contribution in [0.2, 0.25) is 0 Å². The van der Waals surface area contributed by atoms with Crippen LogP contribution < -0.4 is 5.32 Å². The number of nitrogens with zero attached hydrogens (tertiary/aromatic N) is 1. The van der Waals surface area contributed by atoms with E-state index in [1.807, 2.05) is 36.9 Å². The molecule has 24 heavy (non-hydrogen) atoms. The second-order valence-electron chi connectivity index (χ2n) is 6.89. The van der Waals surface area contributed by atoms with Crippen LogP contribution in [-0.4, -0.2) is 35.8 Å². The Hall–Kier alpha value is -1.84. The Morgan fingerprint density at radius 2 is 1.75 bits per heavy atom. The smallest absolute Gasteiger partial charge is 0.251 e. The highest BCUT2D eigenvalue weighted by atomic mass is 16.2. The fraction of sp³-hybridized carbons (Fsp3) is 0.600. The van der Waals surface area contributed by atoms with Gasteiger partial charge in [0, 0.05) is 30.6 Å². The van der Waals surface area contributed by atoms with Gasteiger partial charge < -0.3 is 10.2 Å². The van der Waals surface area contributed by atoms with Gasteiger partial charge in [-0.3, -0.25) is 9.59 Å². The van der Waals surface area contributed by atoms with Crippen molar-refractivity contribution in [1.29, 1.82) is 0 Å². The van der Waals surface area contributed by atoms with Gasteiger partial charge in [0.15, 0.2) is 0 Å². The van der Waals surface area contributed by atoms with Gasteiger partial charge in [-0.25, -0.2) is 0 Å². The van der Waals surface area contributed by atoms with Crippen molar-refractivity contribution in [2.24, 2.45) is 5.92 Å². The van der Waals surface area contributed by atoms with Crippen molar-refractivity contribution in [2.45, 2.75) is 59.4 Å². The largest absolute Gasteiger partial charge is 0.349 e. The predicted octanol–water partition coefficient (Wildman–Crippen LogP) is 3.46. The summed E-state index contributed by atoms with van der Waals surface area (Å²) in [5, 5.41) is 3.12. The number of likely N-dealkylation sites (tertiary alicyclic amines) is 1. The van der Waals surface area contributed by atoms with Crippen LogP contribution in [0.4, 0.5) is 0 Å². The number of aryl methyl sites for hydroxylation is 2. The summed E-state index contributed by atoms with van der Waals surface area (Å²) < 4.78 is 0. The van der Waals surface area contributed by atoms with Crippen LogP contribution in [0.3, 0.4) is 0 Å². The molecule has 2 rings (SSSR count). The van der Waals surface area contributed by atoms with Gasteiger partial charge in [0.25, 0.3) is 5.91 Å². The van der Waals surface area contributed by atoms with Gasteiger partial charge in [0.1, 0.15) is 0 Å². The van der Waals surface area contributed by atoms with Crippen molar-refractivity contribution in [3.63, 3.8) is 0 Å². The molecule has 0 spiro atoms. The first-order valence-electron chi connectivity index (χ1n) is 9.13. The van der Waals surface area contributed by atoms with E-state index < -0.39 is 0 Å². The van der Waals surface area contributed by atoms with Crippen LogP contribution in [0.1, 0.15) is 61.0 Å². The van der Waals surface area contributed by atoms with E-state index >= 15 is 0 Å². The molecule has 0 aliphatic carbocycles. The maximum absolute atomic E-state index is 12.4. The molecule has 1 saturated heterocycles. The number of rotatable bonds is 5. The second-order valence-corrected chi connectivity index (χ2v) is 6.89. The molecule has 132 valence electrons. The van der Waals surface area contributed by atoms with Crippen molar-refractivity contribution in [3.05, 3.63) is 34.9 Å². The van der Waals surface area contributed by atoms with Crippen LogP contribution >= 0.6 is 0 Å². The summed E-state index contributed by atoms with van der Waals surface area (Å²) in [4.78, 5) is 26.8. The van der Waals surface area contributed by atoms with E-state index in [0.717, 1.165) is 44.3 Å². The van der Waals surface area contributed by atoms with Crippen molar-refractivity contribution >= 4 is 11.8 Å². The van der Waals surface area contributed by atoms with Crippen molar-refractivity contribution in [1.82, 2.24) is 10.2 Å². The highest BCUT2D eigenvalue weighted by molar-refractivity contribution is 5.94. The molecular weight excluding hydrogens is 300 g/mol. The third-order valence-electron chi connectivity index (χ3n) is 5.25. The highest BCUT2D eigenvalue weighted by Gasteiger charge is 2.27. The van der Waals surface area contributed by atoms with Crippen LogP contribution in [0.25, 0.3) is 0 Å². The molecule has 1 N–H and O–H groups in total. The molecule has 0 bridgehead atoms. The molecular formula is C20H30N2O2. The number of carbonyl (C=O) groups excluding carboxylic acids is 2. The molecule has 0 atom stereocenters. The summed E-state index contributed by atoms with van der Waals surface area (Å²) in [5.74, 6) is 0.411. The molecule has 4 heteroatoms. The minimum absolute atomic E-state index is 0.0112. The molecule has 0 unspecified atom stereocenters. The van der Waals surface area contributed by atoms with Gasteiger partial charge in [-0.1, -0.05) is 19.9 Å². The Morgan fingerprint density at radius 1 is 1.12 bits per heavy atom. The van der Waals surface area contributed by atoms with Gasteiger partial charge in [0.05, 0.1) is 0 Å². The fourth-order valence-electron chi connectivity index (χ4n) is 3.29. The zero-order chi connectivity index (χ0) is 17.7. The van der Waals surface area contributed by atoms with Crippen LogP contribution in [0, 0.1) is 19.8 Å². The maximum Gasteiger partial charge on any atom is 0.251 e. The van der Waals surface area contributed by atoms with Crippen LogP contribution in [0.5, 0.6) is 0 Å². The first-order valence-corrected chi connectivity index (χ1v) is 9.13. The topological polar surface area (TPSA) is 49.4 Å². The van der Waals surface area contributed by atoms with Gasteiger partial charge in [-0.15, -0.1) is 0 Å². The number of carbonyl (C=O) groups is 2. The van der Waals surface area contributed by atoms with Crippen molar-refractivity contribution < 1.29 is 9.59 Å². The van der Waals surface area contributed by atoms with Gasteiger partial charge in [-0.05, 0) is 62.8 Å². The Kier molecular flexibility index (Phi) is 6.41. The van der Waals surface area contributed by atoms with Crippen molar-refractivity contribution in [2.75, 3.05) is 13.1 Å². The first-order chi connectivity index (χ1) is 11.5. The number of amides is 2. The van der Waals surface area contributed by atoms with E-state index in [1.165, 1.54) is 5.56 Å².